The highest BCUT2D eigenvalue weighted by molar-refractivity contribution is 4.86. The molecule has 0 aliphatic rings. The Morgan fingerprint density at radius 1 is 1.18 bits per heavy atom. The topological polar surface area (TPSA) is 93.0 Å². The lowest BCUT2D eigenvalue weighted by atomic mass is 10.0. The van der Waals surface area contributed by atoms with E-state index in [1.807, 2.05) is 0 Å². The zero-order valence-electron chi connectivity index (χ0n) is 6.49. The summed E-state index contributed by atoms with van der Waals surface area (Å²) in [6.45, 7) is 0.163. The fraction of sp³-hybridized carbons (Fsp3) is 1.00. The molecule has 0 aromatic carbocycles. The zero-order valence-corrected chi connectivity index (χ0v) is 6.49. The fourth-order valence-electron chi connectivity index (χ4n) is 0.730. The molecule has 0 fully saturated rings. The van der Waals surface area contributed by atoms with Crippen molar-refractivity contribution in [3.05, 3.63) is 0 Å². The second-order valence-corrected chi connectivity index (χ2v) is 2.57. The number of aliphatic hydroxyl groups is 4. The van der Waals surface area contributed by atoms with E-state index < -0.39 is 31.6 Å². The molecule has 0 aromatic heterocycles. The van der Waals surface area contributed by atoms with E-state index in [1.165, 1.54) is 6.92 Å². The van der Waals surface area contributed by atoms with Gasteiger partial charge in [-0.25, -0.2) is 0 Å². The lowest BCUT2D eigenvalue weighted by Gasteiger charge is -2.30. The van der Waals surface area contributed by atoms with Crippen LogP contribution < -0.4 is 5.32 Å². The molecule has 0 aliphatic carbocycles. The van der Waals surface area contributed by atoms with Crippen LogP contribution in [-0.4, -0.2) is 52.0 Å². The van der Waals surface area contributed by atoms with E-state index in [0.717, 1.165) is 0 Å². The van der Waals surface area contributed by atoms with Crippen molar-refractivity contribution in [1.82, 2.24) is 5.32 Å². The van der Waals surface area contributed by atoms with E-state index >= 15 is 0 Å². The molecule has 5 nitrogen and oxygen atoms in total. The van der Waals surface area contributed by atoms with Gasteiger partial charge in [-0.1, -0.05) is 0 Å². The van der Waals surface area contributed by atoms with Gasteiger partial charge in [-0.2, -0.15) is 0 Å². The zero-order chi connectivity index (χ0) is 8.91. The van der Waals surface area contributed by atoms with Crippen LogP contribution in [0, 0.1) is 0 Å². The van der Waals surface area contributed by atoms with E-state index in [0.29, 0.717) is 0 Å². The number of hydrogen-bond donors (Lipinski definition) is 5. The van der Waals surface area contributed by atoms with E-state index in [-0.39, 0.29) is 0 Å². The van der Waals surface area contributed by atoms with Crippen molar-refractivity contribution in [2.45, 2.75) is 18.7 Å². The molecule has 0 aliphatic heterocycles. The van der Waals surface area contributed by atoms with E-state index in [2.05, 4.69) is 5.32 Å². The first-order chi connectivity index (χ1) is 5.10. The summed E-state index contributed by atoms with van der Waals surface area (Å²) in [6, 6.07) is 0. The van der Waals surface area contributed by atoms with Crippen LogP contribution in [0.1, 0.15) is 6.92 Å². The highest BCUT2D eigenvalue weighted by Gasteiger charge is 2.28. The average Bonchev–Trinajstić information content (AvgIpc) is 2.00. The lowest BCUT2D eigenvalue weighted by Crippen LogP contribution is -2.57. The van der Waals surface area contributed by atoms with E-state index in [4.69, 9.17) is 20.4 Å². The average molecular weight is 165 g/mol. The minimum Gasteiger partial charge on any atom is -0.394 e. The van der Waals surface area contributed by atoms with Gasteiger partial charge in [0.1, 0.15) is 6.23 Å². The van der Waals surface area contributed by atoms with Crippen LogP contribution in [0.15, 0.2) is 0 Å². The normalized spacial score (nSPS) is 15.0. The van der Waals surface area contributed by atoms with Crippen LogP contribution in [0.25, 0.3) is 0 Å². The Morgan fingerprint density at radius 3 is 1.64 bits per heavy atom. The molecule has 11 heavy (non-hydrogen) atoms. The van der Waals surface area contributed by atoms with Crippen molar-refractivity contribution < 1.29 is 20.4 Å². The van der Waals surface area contributed by atoms with Crippen molar-refractivity contribution in [3.8, 4) is 0 Å². The number of aliphatic hydroxyl groups excluding tert-OH is 4. The maximum absolute atomic E-state index is 8.84. The molecule has 0 radical (unpaired) electrons. The van der Waals surface area contributed by atoms with Crippen molar-refractivity contribution in [3.63, 3.8) is 0 Å². The molecule has 0 spiro atoms. The van der Waals surface area contributed by atoms with Crippen LogP contribution in [0.5, 0.6) is 0 Å². The third-order valence-electron chi connectivity index (χ3n) is 1.42. The Labute approximate surface area is 65.3 Å². The molecule has 0 saturated carbocycles. The van der Waals surface area contributed by atoms with Gasteiger partial charge in [-0.3, -0.25) is 5.32 Å². The molecule has 0 rings (SSSR count). The van der Waals surface area contributed by atoms with Gasteiger partial charge < -0.3 is 20.4 Å². The molecule has 1 atom stereocenters. The third kappa shape index (κ3) is 3.13. The first-order valence-electron chi connectivity index (χ1n) is 3.38. The summed E-state index contributed by atoms with van der Waals surface area (Å²) in [5, 5.41) is 37.5. The quantitative estimate of drug-likeness (QED) is 0.294. The van der Waals surface area contributed by atoms with E-state index in [1.54, 1.807) is 0 Å². The van der Waals surface area contributed by atoms with Crippen molar-refractivity contribution in [2.75, 3.05) is 19.8 Å². The molecular formula is C6H15NO4. The summed E-state index contributed by atoms with van der Waals surface area (Å²) in [4.78, 5) is 0. The van der Waals surface area contributed by atoms with Crippen molar-refractivity contribution in [2.24, 2.45) is 0 Å². The highest BCUT2D eigenvalue weighted by Crippen LogP contribution is 2.01. The summed E-state index contributed by atoms with van der Waals surface area (Å²) in [6.07, 6.45) is -0.874. The molecule has 0 heterocycles. The monoisotopic (exact) mass is 165 g/mol. The standard InChI is InChI=1S/C6H15NO4/c1-5(11)7-6(2-8,3-9)4-10/h5,7-11H,2-4H2,1H3. The van der Waals surface area contributed by atoms with Gasteiger partial charge in [-0.05, 0) is 6.92 Å². The van der Waals surface area contributed by atoms with Gasteiger partial charge in [0.2, 0.25) is 0 Å². The smallest absolute Gasteiger partial charge is 0.102 e. The molecule has 1 unspecified atom stereocenters. The molecule has 5 heteroatoms. The Morgan fingerprint density at radius 2 is 1.55 bits per heavy atom. The van der Waals surface area contributed by atoms with Crippen LogP contribution in [0.3, 0.4) is 0 Å². The molecular weight excluding hydrogens is 150 g/mol. The summed E-state index contributed by atoms with van der Waals surface area (Å²) < 4.78 is 0. The van der Waals surface area contributed by atoms with Gasteiger partial charge in [0.15, 0.2) is 0 Å². The summed E-state index contributed by atoms with van der Waals surface area (Å²) in [5.74, 6) is 0. The molecule has 0 amide bonds. The Bertz CT molecular complexity index is 94.5. The molecule has 0 bridgehead atoms. The van der Waals surface area contributed by atoms with Crippen LogP contribution in [0.2, 0.25) is 0 Å². The highest BCUT2D eigenvalue weighted by atomic mass is 16.3. The summed E-state index contributed by atoms with van der Waals surface area (Å²) in [5.41, 5.74) is -1.19. The maximum atomic E-state index is 8.84. The van der Waals surface area contributed by atoms with Crippen molar-refractivity contribution in [1.29, 1.82) is 0 Å². The number of rotatable bonds is 5. The van der Waals surface area contributed by atoms with Crippen LogP contribution in [0.4, 0.5) is 0 Å². The number of nitrogens with one attached hydrogen (secondary N) is 1. The number of hydrogen-bond acceptors (Lipinski definition) is 5. The molecule has 5 N–H and O–H groups in total. The minimum absolute atomic E-state index is 0.426. The predicted molar refractivity (Wildman–Crippen MR) is 38.8 cm³/mol. The van der Waals surface area contributed by atoms with Crippen LogP contribution in [-0.2, 0) is 0 Å². The molecule has 0 saturated heterocycles. The third-order valence-corrected chi connectivity index (χ3v) is 1.42. The van der Waals surface area contributed by atoms with Gasteiger partial charge in [0, 0.05) is 0 Å². The van der Waals surface area contributed by atoms with Gasteiger partial charge in [0.25, 0.3) is 0 Å². The second kappa shape index (κ2) is 4.63. The first-order valence-corrected chi connectivity index (χ1v) is 3.38. The van der Waals surface area contributed by atoms with Gasteiger partial charge in [-0.15, -0.1) is 0 Å². The summed E-state index contributed by atoms with van der Waals surface area (Å²) >= 11 is 0. The SMILES string of the molecule is CC(O)NC(CO)(CO)CO. The first kappa shape index (κ1) is 10.8. The van der Waals surface area contributed by atoms with E-state index in [9.17, 15) is 0 Å². The van der Waals surface area contributed by atoms with Crippen molar-refractivity contribution >= 4 is 0 Å². The maximum Gasteiger partial charge on any atom is 0.102 e. The largest absolute Gasteiger partial charge is 0.394 e. The Balaban J connectivity index is 4.05. The van der Waals surface area contributed by atoms with Gasteiger partial charge in [0.05, 0.1) is 25.4 Å². The summed E-state index contributed by atoms with van der Waals surface area (Å²) in [7, 11) is 0. The Kier molecular flexibility index (Phi) is 4.55. The molecule has 68 valence electrons. The van der Waals surface area contributed by atoms with Crippen LogP contribution >= 0.6 is 0 Å². The fourth-order valence-corrected chi connectivity index (χ4v) is 0.730. The Hall–Kier alpha value is -0.200. The molecule has 0 aromatic rings. The second-order valence-electron chi connectivity index (χ2n) is 2.57. The predicted octanol–water partition coefficient (Wildman–Crippen LogP) is -2.37. The minimum atomic E-state index is -1.19. The van der Waals surface area contributed by atoms with Gasteiger partial charge >= 0.3 is 0 Å². The lowest BCUT2D eigenvalue weighted by molar-refractivity contribution is 0.000780.